The number of ether oxygens (including phenoxy) is 2. The predicted molar refractivity (Wildman–Crippen MR) is 110 cm³/mol. The van der Waals surface area contributed by atoms with Crippen LogP contribution in [-0.2, 0) is 33.5 Å². The monoisotopic (exact) mass is 368 g/mol. The Morgan fingerprint density at radius 3 is 2.00 bits per heavy atom. The maximum Gasteiger partial charge on any atom is 0.337 e. The van der Waals surface area contributed by atoms with Crippen molar-refractivity contribution in [1.82, 2.24) is 0 Å². The van der Waals surface area contributed by atoms with Crippen LogP contribution in [0.3, 0.4) is 0 Å². The van der Waals surface area contributed by atoms with E-state index in [1.165, 1.54) is 12.7 Å². The average molecular weight is 369 g/mol. The van der Waals surface area contributed by atoms with Crippen molar-refractivity contribution in [2.45, 2.75) is 65.6 Å². The number of hydrogen-bond donors (Lipinski definition) is 0. The summed E-state index contributed by atoms with van der Waals surface area (Å²) < 4.78 is 10.9. The van der Waals surface area contributed by atoms with Crippen molar-refractivity contribution in [3.63, 3.8) is 0 Å². The fourth-order valence-corrected chi connectivity index (χ4v) is 2.86. The summed E-state index contributed by atoms with van der Waals surface area (Å²) in [6.45, 7) is 14.0. The first-order chi connectivity index (χ1) is 12.5. The second-order valence-electron chi connectivity index (χ2n) is 9.10. The molecule has 0 atom stereocenters. The van der Waals surface area contributed by atoms with Gasteiger partial charge in [-0.3, -0.25) is 0 Å². The van der Waals surface area contributed by atoms with E-state index >= 15 is 0 Å². The number of hydrogen-bond acceptors (Lipinski definition) is 3. The van der Waals surface area contributed by atoms with Crippen LogP contribution >= 0.6 is 0 Å². The lowest BCUT2D eigenvalue weighted by atomic mass is 9.85. The largest absolute Gasteiger partial charge is 0.465 e. The van der Waals surface area contributed by atoms with E-state index in [-0.39, 0.29) is 16.8 Å². The van der Waals surface area contributed by atoms with Gasteiger partial charge in [0.15, 0.2) is 0 Å². The molecule has 2 aromatic rings. The van der Waals surface area contributed by atoms with Gasteiger partial charge in [-0.2, -0.15) is 0 Å². The van der Waals surface area contributed by atoms with Crippen molar-refractivity contribution in [2.75, 3.05) is 7.11 Å². The highest BCUT2D eigenvalue weighted by Crippen LogP contribution is 2.26. The Bertz CT molecular complexity index is 792. The van der Waals surface area contributed by atoms with Crippen molar-refractivity contribution in [2.24, 2.45) is 0 Å². The lowest BCUT2D eigenvalue weighted by Gasteiger charge is -2.21. The zero-order valence-corrected chi connectivity index (χ0v) is 17.7. The summed E-state index contributed by atoms with van der Waals surface area (Å²) >= 11 is 0. The molecule has 146 valence electrons. The first kappa shape index (κ1) is 21.2. The highest BCUT2D eigenvalue weighted by atomic mass is 16.5. The quantitative estimate of drug-likeness (QED) is 0.627. The highest BCUT2D eigenvalue weighted by molar-refractivity contribution is 5.89. The van der Waals surface area contributed by atoms with Gasteiger partial charge in [0, 0.05) is 0 Å². The molecule has 0 spiro atoms. The molecule has 0 saturated heterocycles. The predicted octanol–water partition coefficient (Wildman–Crippen LogP) is 5.79. The van der Waals surface area contributed by atoms with Gasteiger partial charge in [-0.05, 0) is 45.2 Å². The van der Waals surface area contributed by atoms with Crippen molar-refractivity contribution < 1.29 is 14.3 Å². The molecule has 0 bridgehead atoms. The van der Waals surface area contributed by atoms with E-state index < -0.39 is 0 Å². The molecule has 0 amide bonds. The van der Waals surface area contributed by atoms with E-state index in [1.807, 2.05) is 12.1 Å². The maximum atomic E-state index is 12.0. The third-order valence-electron chi connectivity index (χ3n) is 4.61. The lowest BCUT2D eigenvalue weighted by Crippen LogP contribution is -2.14. The lowest BCUT2D eigenvalue weighted by molar-refractivity contribution is 0.0600. The number of methoxy groups -OCH3 is 1. The summed E-state index contributed by atoms with van der Waals surface area (Å²) in [5, 5.41) is 0. The molecule has 0 unspecified atom stereocenters. The molecule has 2 aromatic carbocycles. The van der Waals surface area contributed by atoms with E-state index in [9.17, 15) is 4.79 Å². The van der Waals surface area contributed by atoms with Gasteiger partial charge in [-0.1, -0.05) is 71.9 Å². The van der Waals surface area contributed by atoms with Gasteiger partial charge in [-0.25, -0.2) is 4.79 Å². The molecule has 0 aliphatic carbocycles. The number of esters is 1. The Balaban J connectivity index is 2.14. The average Bonchev–Trinajstić information content (AvgIpc) is 2.59. The van der Waals surface area contributed by atoms with E-state index in [2.05, 4.69) is 71.9 Å². The summed E-state index contributed by atoms with van der Waals surface area (Å²) in [4.78, 5) is 12.0. The Morgan fingerprint density at radius 1 is 0.815 bits per heavy atom. The first-order valence-corrected chi connectivity index (χ1v) is 9.40. The van der Waals surface area contributed by atoms with Gasteiger partial charge in [0.2, 0.25) is 0 Å². The molecule has 0 fully saturated rings. The minimum Gasteiger partial charge on any atom is -0.465 e. The summed E-state index contributed by atoms with van der Waals surface area (Å²) in [7, 11) is 1.41. The van der Waals surface area contributed by atoms with Crippen LogP contribution in [0.15, 0.2) is 42.5 Å². The fraction of sp³-hybridized carbons (Fsp3) is 0.458. The molecule has 0 N–H and O–H groups in total. The first-order valence-electron chi connectivity index (χ1n) is 9.40. The van der Waals surface area contributed by atoms with Crippen LogP contribution in [0, 0.1) is 0 Å². The number of carbonyl (C=O) groups excluding carboxylic acids is 1. The summed E-state index contributed by atoms with van der Waals surface area (Å²) in [5.74, 6) is -0.319. The molecule has 2 rings (SSSR count). The second-order valence-corrected chi connectivity index (χ2v) is 9.10. The molecule has 0 aromatic heterocycles. The van der Waals surface area contributed by atoms with Crippen LogP contribution in [-0.4, -0.2) is 13.1 Å². The second kappa shape index (κ2) is 8.26. The third kappa shape index (κ3) is 5.93. The van der Waals surface area contributed by atoms with Crippen LogP contribution < -0.4 is 0 Å². The number of benzene rings is 2. The van der Waals surface area contributed by atoms with Crippen molar-refractivity contribution >= 4 is 5.97 Å². The topological polar surface area (TPSA) is 35.5 Å². The highest BCUT2D eigenvalue weighted by Gasteiger charge is 2.18. The van der Waals surface area contributed by atoms with Crippen LogP contribution in [0.2, 0.25) is 0 Å². The van der Waals surface area contributed by atoms with Crippen LogP contribution in [0.25, 0.3) is 0 Å². The van der Waals surface area contributed by atoms with E-state index in [1.54, 1.807) is 0 Å². The minimum absolute atomic E-state index is 0.0557. The van der Waals surface area contributed by atoms with E-state index in [0.29, 0.717) is 18.8 Å². The Labute approximate surface area is 163 Å². The Hall–Kier alpha value is -2.13. The number of rotatable bonds is 5. The SMILES string of the molecule is COC(=O)c1cc(COCc2cccc(C(C)(C)C)c2)cc(C(C)(C)C)c1. The summed E-state index contributed by atoms with van der Waals surface area (Å²) in [6.07, 6.45) is 0. The fourth-order valence-electron chi connectivity index (χ4n) is 2.86. The molecule has 0 heterocycles. The molecular weight excluding hydrogens is 336 g/mol. The molecular formula is C24H32O3. The van der Waals surface area contributed by atoms with Crippen molar-refractivity contribution in [1.29, 1.82) is 0 Å². The molecule has 3 nitrogen and oxygen atoms in total. The molecule has 0 radical (unpaired) electrons. The van der Waals surface area contributed by atoms with Gasteiger partial charge in [0.05, 0.1) is 25.9 Å². The summed E-state index contributed by atoms with van der Waals surface area (Å²) in [5.41, 5.74) is 5.16. The molecule has 0 saturated carbocycles. The third-order valence-corrected chi connectivity index (χ3v) is 4.61. The summed E-state index contributed by atoms with van der Waals surface area (Å²) in [6, 6.07) is 14.4. The van der Waals surface area contributed by atoms with Crippen LogP contribution in [0.4, 0.5) is 0 Å². The molecule has 0 aliphatic rings. The molecule has 3 heteroatoms. The van der Waals surface area contributed by atoms with Crippen molar-refractivity contribution in [3.8, 4) is 0 Å². The Morgan fingerprint density at radius 2 is 1.41 bits per heavy atom. The van der Waals surface area contributed by atoms with Crippen molar-refractivity contribution in [3.05, 3.63) is 70.3 Å². The maximum absolute atomic E-state index is 12.0. The zero-order chi connectivity index (χ0) is 20.2. The van der Waals surface area contributed by atoms with Gasteiger partial charge in [-0.15, -0.1) is 0 Å². The van der Waals surface area contributed by atoms with Gasteiger partial charge in [0.25, 0.3) is 0 Å². The normalized spacial score (nSPS) is 12.1. The van der Waals surface area contributed by atoms with Crippen LogP contribution in [0.1, 0.15) is 74.2 Å². The van der Waals surface area contributed by atoms with E-state index in [4.69, 9.17) is 9.47 Å². The molecule has 0 aliphatic heterocycles. The van der Waals surface area contributed by atoms with Gasteiger partial charge in [0.1, 0.15) is 0 Å². The van der Waals surface area contributed by atoms with E-state index in [0.717, 1.165) is 16.7 Å². The zero-order valence-electron chi connectivity index (χ0n) is 17.7. The standard InChI is InChI=1S/C24H32O3/c1-23(2,3)20-10-8-9-17(12-20)15-27-16-18-11-19(22(25)26-7)14-21(13-18)24(4,5)6/h8-14H,15-16H2,1-7H3. The molecule has 27 heavy (non-hydrogen) atoms. The van der Waals surface area contributed by atoms with Gasteiger partial charge >= 0.3 is 5.97 Å². The Kier molecular flexibility index (Phi) is 6.48. The van der Waals surface area contributed by atoms with Crippen LogP contribution in [0.5, 0.6) is 0 Å². The smallest absolute Gasteiger partial charge is 0.337 e. The minimum atomic E-state index is -0.319. The number of carbonyl (C=O) groups is 1. The van der Waals surface area contributed by atoms with Gasteiger partial charge < -0.3 is 9.47 Å².